The van der Waals surface area contributed by atoms with E-state index in [2.05, 4.69) is 358 Å². The Morgan fingerprint density at radius 3 is 0.817 bits per heavy atom. The van der Waals surface area contributed by atoms with Crippen molar-refractivity contribution in [2.45, 2.75) is 22.2 Å². The molecule has 29 rings (SSSR count). The molecule has 0 aliphatic rings. The smallest absolute Gasteiger partial charge is 0.139 e. The first-order valence-corrected chi connectivity index (χ1v) is 43.6. The second kappa shape index (κ2) is 30.6. The van der Waals surface area contributed by atoms with Gasteiger partial charge < -0.3 is 26.5 Å². The molecule has 618 valence electrons. The van der Waals surface area contributed by atoms with Gasteiger partial charge in [-0.05, 0) is 244 Å². The molecule has 6 heteroatoms. The van der Waals surface area contributed by atoms with Crippen molar-refractivity contribution in [2.75, 3.05) is 0 Å². The van der Waals surface area contributed by atoms with Crippen LogP contribution in [0.5, 0.6) is 0 Å². The van der Waals surface area contributed by atoms with E-state index in [1.54, 1.807) is 0 Å². The molecule has 0 aliphatic heterocycles. The highest BCUT2D eigenvalue weighted by atomic mass is 16.4. The Hall–Kier alpha value is -17.1. The molecule has 0 atom stereocenters. The van der Waals surface area contributed by atoms with Gasteiger partial charge in [0, 0.05) is 74.8 Å². The van der Waals surface area contributed by atoms with E-state index in [0.717, 1.165) is 132 Å². The van der Waals surface area contributed by atoms with Crippen molar-refractivity contribution in [1.29, 1.82) is 0 Å². The van der Waals surface area contributed by atoms with Gasteiger partial charge in [-0.25, -0.2) is 0 Å². The van der Waals surface area contributed by atoms with Crippen LogP contribution in [0, 0.1) is 0 Å². The fourth-order valence-corrected chi connectivity index (χ4v) is 21.3. The summed E-state index contributed by atoms with van der Waals surface area (Å²) in [5, 5.41) is 33.2. The van der Waals surface area contributed by atoms with E-state index in [1.165, 1.54) is 175 Å². The average Bonchev–Trinajstić information content (AvgIpc) is 1.14. The maximum absolute atomic E-state index is 6.42. The van der Waals surface area contributed by atoms with Crippen LogP contribution in [-0.4, -0.2) is 0 Å². The summed E-state index contributed by atoms with van der Waals surface area (Å²) in [4.78, 5) is 0. The van der Waals surface area contributed by atoms with Crippen LogP contribution in [0.25, 0.3) is 285 Å². The summed E-state index contributed by atoms with van der Waals surface area (Å²) < 4.78 is 55.1. The fourth-order valence-electron chi connectivity index (χ4n) is 21.3. The zero-order valence-electron chi connectivity index (χ0n) is 74.9. The largest absolute Gasteiger partial charge is 0.456 e. The molecule has 0 saturated heterocycles. The third-order valence-corrected chi connectivity index (χ3v) is 26.7. The van der Waals surface area contributed by atoms with E-state index < -0.39 is 0 Å². The van der Waals surface area contributed by atoms with E-state index in [4.69, 9.17) is 30.6 Å². The van der Waals surface area contributed by atoms with Crippen LogP contribution in [0.4, 0.5) is 0 Å². The third kappa shape index (κ3) is 12.0. The number of benzene rings is 23. The molecule has 6 nitrogen and oxygen atoms in total. The van der Waals surface area contributed by atoms with Crippen LogP contribution >= 0.6 is 0 Å². The summed E-state index contributed by atoms with van der Waals surface area (Å²) in [6, 6.07) is 151. The monoisotopic (exact) mass is 1680 g/mol. The lowest BCUT2D eigenvalue weighted by Crippen LogP contribution is -1.91. The molecular weight excluding hydrogens is 1600 g/mol. The summed E-state index contributed by atoms with van der Waals surface area (Å²) >= 11 is 0. The van der Waals surface area contributed by atoms with Crippen molar-refractivity contribution < 1.29 is 30.6 Å². The summed E-state index contributed by atoms with van der Waals surface area (Å²) in [6.45, 7) is 0. The summed E-state index contributed by atoms with van der Waals surface area (Å²) in [5.41, 5.74) is 25.3. The predicted octanol–water partition coefficient (Wildman–Crippen LogP) is 37.6. The maximum Gasteiger partial charge on any atom is 0.139 e. The summed E-state index contributed by atoms with van der Waals surface area (Å²) in [6.07, 6.45) is 0. The molecule has 0 unspecified atom stereocenters. The topological polar surface area (TPSA) is 78.8 Å². The molecular formula is C125H82O6. The Bertz CT molecular complexity index is 9590. The third-order valence-electron chi connectivity index (χ3n) is 26.7. The second-order valence-corrected chi connectivity index (χ2v) is 33.7. The number of fused-ring (bicyclic) bond motifs is 28. The summed E-state index contributed by atoms with van der Waals surface area (Å²) in [5.74, 6) is 0. The van der Waals surface area contributed by atoms with Crippen LogP contribution in [0.2, 0.25) is 0 Å². The molecule has 0 amide bonds. The Morgan fingerprint density at radius 2 is 0.389 bits per heavy atom. The fraction of sp³-hybridized carbons (Fsp3) is 0.0240. The zero-order valence-corrected chi connectivity index (χ0v) is 71.9. The molecule has 29 aromatic rings. The van der Waals surface area contributed by atoms with Crippen molar-refractivity contribution in [1.82, 2.24) is 0 Å². The van der Waals surface area contributed by atoms with Crippen LogP contribution in [0.3, 0.4) is 0 Å². The Labute approximate surface area is 757 Å². The zero-order chi connectivity index (χ0) is 89.8. The van der Waals surface area contributed by atoms with Gasteiger partial charge in [-0.2, -0.15) is 0 Å². The molecule has 0 aliphatic carbocycles. The lowest BCUT2D eigenvalue weighted by atomic mass is 9.84. The highest BCUT2D eigenvalue weighted by Crippen LogP contribution is 2.52. The Morgan fingerprint density at radius 1 is 0.130 bits per heavy atom. The van der Waals surface area contributed by atoms with E-state index in [-0.39, 0.29) is 0 Å². The van der Waals surface area contributed by atoms with Gasteiger partial charge in [-0.15, -0.1) is 0 Å². The molecule has 0 spiro atoms. The number of para-hydroxylation sites is 3. The molecule has 0 N–H and O–H groups in total. The standard InChI is InChI=1S/2C42H24O2.C38H22O2.3CH4/c1-2-12-27-25(10-1)11-9-18-29(27)42-32-16-5-3-14-30(32)41(31-15-4-6-17-33(31)42)26-20-21-38-34(22-26)36-23-35-28-13-7-8-19-37(28)43-39(35)24-40(36)44-38;1-2-10-26-23-27(18-17-25(26)9-1)39-29-11-3-5-13-31(29)40(32-14-6-4-12-30(32)39)28-19-20-36-34(24-28)42-38(44-36)22-21-37-41(42)33-15-7-8-16-35(33)43-37;1-2-10-23(11-3-1)35-25-12-4-6-14-27(25)36(28-15-7-5-13-26(28)35)24-18-19-32-30(22-24)38-34(40-32)21-20-33-37(38)29-16-8-9-17-31(29)39-33;;;/h2*1-24H;1-22H;3*1H4/i;;;3*1D. The minimum Gasteiger partial charge on any atom is -0.456 e. The first-order chi connectivity index (χ1) is 66.5. The Kier molecular flexibility index (Phi) is 17.4. The van der Waals surface area contributed by atoms with Crippen LogP contribution in [-0.2, 0) is 0 Å². The van der Waals surface area contributed by atoms with Gasteiger partial charge in [-0.1, -0.05) is 350 Å². The van der Waals surface area contributed by atoms with Gasteiger partial charge in [0.1, 0.15) is 67.0 Å². The molecule has 0 radical (unpaired) electrons. The van der Waals surface area contributed by atoms with Crippen LogP contribution in [0.15, 0.2) is 451 Å². The van der Waals surface area contributed by atoms with Gasteiger partial charge in [0.05, 0.1) is 0 Å². The van der Waals surface area contributed by atoms with Gasteiger partial charge >= 0.3 is 0 Å². The summed E-state index contributed by atoms with van der Waals surface area (Å²) in [7, 11) is 3.75. The minimum atomic E-state index is 0.838. The minimum absolute atomic E-state index is 0.838. The number of hydrogen-bond acceptors (Lipinski definition) is 6. The Balaban J connectivity index is 0.000000107. The van der Waals surface area contributed by atoms with Crippen molar-refractivity contribution in [3.63, 3.8) is 0 Å². The highest BCUT2D eigenvalue weighted by Gasteiger charge is 2.26. The van der Waals surface area contributed by atoms with Gasteiger partial charge in [0.25, 0.3) is 0 Å². The second-order valence-electron chi connectivity index (χ2n) is 33.7. The lowest BCUT2D eigenvalue weighted by Gasteiger charge is -2.18. The number of furan rings is 6. The van der Waals surface area contributed by atoms with E-state index in [9.17, 15) is 0 Å². The molecule has 0 saturated carbocycles. The van der Waals surface area contributed by atoms with Gasteiger partial charge in [0.15, 0.2) is 0 Å². The number of rotatable bonds is 6. The first-order valence-electron chi connectivity index (χ1n) is 46.6. The average molecular weight is 1680 g/mol. The molecule has 0 fully saturated rings. The maximum atomic E-state index is 6.42. The van der Waals surface area contributed by atoms with Gasteiger partial charge in [-0.3, -0.25) is 0 Å². The highest BCUT2D eigenvalue weighted by molar-refractivity contribution is 6.31. The van der Waals surface area contributed by atoms with Crippen molar-refractivity contribution in [3.05, 3.63) is 425 Å². The van der Waals surface area contributed by atoms with E-state index in [0.29, 0.717) is 0 Å². The van der Waals surface area contributed by atoms with Crippen LogP contribution in [0.1, 0.15) is 26.3 Å². The molecule has 0 bridgehead atoms. The quantitative estimate of drug-likeness (QED) is 0.154. The number of hydrogen-bond donors (Lipinski definition) is 0. The van der Waals surface area contributed by atoms with Crippen molar-refractivity contribution in [3.8, 4) is 66.8 Å². The van der Waals surface area contributed by atoms with E-state index >= 15 is 0 Å². The molecule has 6 aromatic heterocycles. The van der Waals surface area contributed by atoms with Crippen LogP contribution < -0.4 is 0 Å². The normalized spacial score (nSPS) is 11.9. The first kappa shape index (κ1) is 74.2. The van der Waals surface area contributed by atoms with Gasteiger partial charge in [0.2, 0.25) is 0 Å². The van der Waals surface area contributed by atoms with Crippen molar-refractivity contribution >= 4 is 218 Å². The molecule has 131 heavy (non-hydrogen) atoms. The van der Waals surface area contributed by atoms with Crippen molar-refractivity contribution in [2.24, 2.45) is 0 Å². The predicted molar refractivity (Wildman–Crippen MR) is 556 cm³/mol. The van der Waals surface area contributed by atoms with E-state index in [1.807, 2.05) is 66.7 Å². The lowest BCUT2D eigenvalue weighted by molar-refractivity contribution is 0.656. The SMILES string of the molecule is [2H]C.[2H]C.[2H]C.c1ccc(-c2c3ccccc3c(-c3ccc4oc5ccc6oc7ccccc7c6c5c4c3)c3ccccc23)cc1.c1ccc2c(-c3c4ccccc4c(-c4ccc5oc6cc7oc8ccccc8c7cc6c5c4)c4ccccc34)cccc2c1.c1ccc2cc(-c3c4ccccc4c(-c4ccc5oc6ccc7oc8ccccc8c7c6c5c4)c4ccccc34)ccc2c1. The molecule has 6 heterocycles. The molecule has 23 aromatic carbocycles.